The average Bonchev–Trinajstić information content (AvgIpc) is 3.12. The number of hydrogen-bond donors (Lipinski definition) is 0. The van der Waals surface area contributed by atoms with Crippen LogP contribution in [0.4, 0.5) is 4.39 Å². The van der Waals surface area contributed by atoms with Crippen LogP contribution >= 0.6 is 23.2 Å². The molecule has 9 heteroatoms. The molecule has 0 N–H and O–H groups in total. The summed E-state index contributed by atoms with van der Waals surface area (Å²) >= 11 is 12.1. The number of carbonyl (C=O) groups is 1. The normalized spacial score (nSPS) is 11.9. The highest BCUT2D eigenvalue weighted by atomic mass is 35.5. The van der Waals surface area contributed by atoms with Crippen molar-refractivity contribution in [1.82, 2.24) is 10.2 Å². The minimum atomic E-state index is -0.821. The third kappa shape index (κ3) is 4.20. The van der Waals surface area contributed by atoms with Crippen molar-refractivity contribution in [2.75, 3.05) is 7.11 Å². The second kappa shape index (κ2) is 7.94. The number of benzene rings is 2. The van der Waals surface area contributed by atoms with Gasteiger partial charge in [0.15, 0.2) is 11.9 Å². The van der Waals surface area contributed by atoms with Gasteiger partial charge in [-0.15, -0.1) is 10.2 Å². The van der Waals surface area contributed by atoms with Crippen LogP contribution in [0.2, 0.25) is 10.0 Å². The summed E-state index contributed by atoms with van der Waals surface area (Å²) in [7, 11) is 1.42. The Labute approximate surface area is 163 Å². The van der Waals surface area contributed by atoms with Gasteiger partial charge in [0, 0.05) is 5.56 Å². The SMILES string of the molecule is COc1c(Cl)cc(C(=O)O[C@H](C)c2nnc(-c3ccc(F)cc3)o2)cc1Cl. The van der Waals surface area contributed by atoms with E-state index >= 15 is 0 Å². The van der Waals surface area contributed by atoms with Gasteiger partial charge in [-0.1, -0.05) is 23.2 Å². The molecule has 0 amide bonds. The van der Waals surface area contributed by atoms with Crippen LogP contribution in [0.25, 0.3) is 11.5 Å². The molecule has 0 unspecified atom stereocenters. The maximum Gasteiger partial charge on any atom is 0.339 e. The zero-order chi connectivity index (χ0) is 19.6. The van der Waals surface area contributed by atoms with Gasteiger partial charge >= 0.3 is 5.97 Å². The average molecular weight is 411 g/mol. The van der Waals surface area contributed by atoms with Crippen LogP contribution in [0.3, 0.4) is 0 Å². The molecule has 2 aromatic carbocycles. The molecule has 6 nitrogen and oxygen atoms in total. The molecule has 27 heavy (non-hydrogen) atoms. The van der Waals surface area contributed by atoms with Crippen molar-refractivity contribution in [3.05, 3.63) is 63.7 Å². The first kappa shape index (κ1) is 19.1. The third-order valence-corrected chi connectivity index (χ3v) is 4.16. The molecule has 1 atom stereocenters. The van der Waals surface area contributed by atoms with Crippen molar-refractivity contribution in [3.8, 4) is 17.2 Å². The lowest BCUT2D eigenvalue weighted by atomic mass is 10.2. The fourth-order valence-electron chi connectivity index (χ4n) is 2.26. The van der Waals surface area contributed by atoms with E-state index in [2.05, 4.69) is 10.2 Å². The Morgan fingerprint density at radius 2 is 1.78 bits per heavy atom. The molecule has 0 saturated heterocycles. The Kier molecular flexibility index (Phi) is 5.62. The van der Waals surface area contributed by atoms with Gasteiger partial charge in [0.05, 0.1) is 22.7 Å². The summed E-state index contributed by atoms with van der Waals surface area (Å²) in [6.07, 6.45) is -0.821. The molecule has 3 rings (SSSR count). The van der Waals surface area contributed by atoms with E-state index in [1.165, 1.54) is 43.5 Å². The van der Waals surface area contributed by atoms with E-state index in [4.69, 9.17) is 37.1 Å². The summed E-state index contributed by atoms with van der Waals surface area (Å²) in [6, 6.07) is 8.34. The van der Waals surface area contributed by atoms with E-state index in [1.54, 1.807) is 6.92 Å². The van der Waals surface area contributed by atoms with E-state index in [1.807, 2.05) is 0 Å². The number of ether oxygens (including phenoxy) is 2. The highest BCUT2D eigenvalue weighted by molar-refractivity contribution is 6.37. The highest BCUT2D eigenvalue weighted by Gasteiger charge is 2.21. The van der Waals surface area contributed by atoms with Gasteiger partial charge in [0.25, 0.3) is 5.89 Å². The molecule has 1 aromatic heterocycles. The second-order valence-electron chi connectivity index (χ2n) is 5.47. The van der Waals surface area contributed by atoms with Crippen molar-refractivity contribution in [2.24, 2.45) is 0 Å². The Balaban J connectivity index is 1.75. The lowest BCUT2D eigenvalue weighted by molar-refractivity contribution is 0.0280. The van der Waals surface area contributed by atoms with Gasteiger partial charge in [-0.3, -0.25) is 0 Å². The summed E-state index contributed by atoms with van der Waals surface area (Å²) in [4.78, 5) is 12.3. The Morgan fingerprint density at radius 3 is 2.37 bits per heavy atom. The summed E-state index contributed by atoms with van der Waals surface area (Å²) in [6.45, 7) is 1.58. The van der Waals surface area contributed by atoms with E-state index in [9.17, 15) is 9.18 Å². The minimum Gasteiger partial charge on any atom is -0.494 e. The summed E-state index contributed by atoms with van der Waals surface area (Å²) < 4.78 is 28.9. The number of hydrogen-bond acceptors (Lipinski definition) is 6. The first-order valence-corrected chi connectivity index (χ1v) is 8.48. The molecule has 0 radical (unpaired) electrons. The topological polar surface area (TPSA) is 74.5 Å². The highest BCUT2D eigenvalue weighted by Crippen LogP contribution is 2.34. The fourth-order valence-corrected chi connectivity index (χ4v) is 2.90. The molecule has 3 aromatic rings. The van der Waals surface area contributed by atoms with Crippen LogP contribution in [0.15, 0.2) is 40.8 Å². The number of aromatic nitrogens is 2. The lowest BCUT2D eigenvalue weighted by Gasteiger charge is -2.11. The zero-order valence-electron chi connectivity index (χ0n) is 14.2. The monoisotopic (exact) mass is 410 g/mol. The Hall–Kier alpha value is -2.64. The van der Waals surface area contributed by atoms with Crippen molar-refractivity contribution in [2.45, 2.75) is 13.0 Å². The summed E-state index contributed by atoms with van der Waals surface area (Å²) in [5, 5.41) is 8.11. The molecule has 0 aliphatic heterocycles. The Morgan fingerprint density at radius 1 is 1.15 bits per heavy atom. The van der Waals surface area contributed by atoms with Crippen LogP contribution < -0.4 is 4.74 Å². The number of carbonyl (C=O) groups excluding carboxylic acids is 1. The van der Waals surface area contributed by atoms with Gasteiger partial charge in [-0.25, -0.2) is 9.18 Å². The molecule has 0 aliphatic rings. The van der Waals surface area contributed by atoms with Crippen molar-refractivity contribution in [3.63, 3.8) is 0 Å². The standard InChI is InChI=1S/C18H13Cl2FN2O4/c1-9(16-22-23-17(27-16)10-3-5-12(21)6-4-10)26-18(24)11-7-13(19)15(25-2)14(20)8-11/h3-9H,1-2H3/t9-/m1/s1. The van der Waals surface area contributed by atoms with Crippen LogP contribution in [0.1, 0.15) is 29.3 Å². The van der Waals surface area contributed by atoms with E-state index in [0.717, 1.165) is 0 Å². The minimum absolute atomic E-state index is 0.0911. The second-order valence-corrected chi connectivity index (χ2v) is 6.29. The van der Waals surface area contributed by atoms with E-state index in [-0.39, 0.29) is 39.0 Å². The number of halogens is 3. The van der Waals surface area contributed by atoms with Crippen molar-refractivity contribution in [1.29, 1.82) is 0 Å². The van der Waals surface area contributed by atoms with Crippen LogP contribution in [-0.4, -0.2) is 23.3 Å². The summed E-state index contributed by atoms with van der Waals surface area (Å²) in [5.74, 6) is -0.506. The van der Waals surface area contributed by atoms with Gasteiger partial charge in [-0.05, 0) is 43.3 Å². The van der Waals surface area contributed by atoms with Crippen LogP contribution in [-0.2, 0) is 4.74 Å². The predicted molar refractivity (Wildman–Crippen MR) is 96.5 cm³/mol. The number of nitrogens with zero attached hydrogens (tertiary/aromatic N) is 2. The molecule has 0 bridgehead atoms. The fraction of sp³-hybridized carbons (Fsp3) is 0.167. The Bertz CT molecular complexity index is 953. The molecular formula is C18H13Cl2FN2O4. The molecule has 0 aliphatic carbocycles. The van der Waals surface area contributed by atoms with Crippen LogP contribution in [0.5, 0.6) is 5.75 Å². The molecule has 140 valence electrons. The van der Waals surface area contributed by atoms with Gasteiger partial charge in [0.2, 0.25) is 5.89 Å². The van der Waals surface area contributed by atoms with E-state index in [0.29, 0.717) is 5.56 Å². The maximum atomic E-state index is 13.0. The van der Waals surface area contributed by atoms with Crippen molar-refractivity contribution >= 4 is 29.2 Å². The van der Waals surface area contributed by atoms with Gasteiger partial charge in [0.1, 0.15) is 5.82 Å². The maximum absolute atomic E-state index is 13.0. The van der Waals surface area contributed by atoms with Crippen molar-refractivity contribution < 1.29 is 23.1 Å². The molecular weight excluding hydrogens is 398 g/mol. The largest absolute Gasteiger partial charge is 0.494 e. The quantitative estimate of drug-likeness (QED) is 0.544. The summed E-state index contributed by atoms with van der Waals surface area (Å²) in [5.41, 5.74) is 0.693. The number of methoxy groups -OCH3 is 1. The number of esters is 1. The molecule has 1 heterocycles. The smallest absolute Gasteiger partial charge is 0.339 e. The number of rotatable bonds is 5. The molecule has 0 saturated carbocycles. The van der Waals surface area contributed by atoms with Crippen LogP contribution in [0, 0.1) is 5.82 Å². The van der Waals surface area contributed by atoms with Gasteiger partial charge in [-0.2, -0.15) is 0 Å². The zero-order valence-corrected chi connectivity index (χ0v) is 15.7. The predicted octanol–water partition coefficient (Wildman–Crippen LogP) is 5.11. The van der Waals surface area contributed by atoms with Gasteiger partial charge < -0.3 is 13.9 Å². The first-order chi connectivity index (χ1) is 12.9. The molecule has 0 spiro atoms. The first-order valence-electron chi connectivity index (χ1n) is 7.72. The third-order valence-electron chi connectivity index (χ3n) is 3.60. The lowest BCUT2D eigenvalue weighted by Crippen LogP contribution is -2.10. The molecule has 0 fully saturated rings. The van der Waals surface area contributed by atoms with E-state index < -0.39 is 12.1 Å².